The fourth-order valence-electron chi connectivity index (χ4n) is 2.34. The molecule has 1 aliphatic rings. The summed E-state index contributed by atoms with van der Waals surface area (Å²) >= 11 is 0. The van der Waals surface area contributed by atoms with Crippen LogP contribution < -0.4 is 16.0 Å². The number of amides is 1. The number of nitrogen functional groups attached to an aromatic ring is 1. The van der Waals surface area contributed by atoms with E-state index in [1.165, 1.54) is 32.2 Å². The van der Waals surface area contributed by atoms with Crippen molar-refractivity contribution in [3.8, 4) is 5.75 Å². The Morgan fingerprint density at radius 3 is 2.62 bits per heavy atom. The first-order valence-corrected chi connectivity index (χ1v) is 7.72. The third-order valence-electron chi connectivity index (χ3n) is 3.76. The van der Waals surface area contributed by atoms with E-state index in [0.717, 1.165) is 18.3 Å². The van der Waals surface area contributed by atoms with E-state index < -0.39 is 0 Å². The fraction of sp³-hybridized carbons (Fsp3) is 0.562. The molecule has 0 atom stereocenters. The van der Waals surface area contributed by atoms with Gasteiger partial charge in [0.2, 0.25) is 0 Å². The molecule has 1 aromatic rings. The molecule has 0 radical (unpaired) electrons. The van der Waals surface area contributed by atoms with Gasteiger partial charge in [0.15, 0.2) is 0 Å². The zero-order valence-corrected chi connectivity index (χ0v) is 12.7. The fourth-order valence-corrected chi connectivity index (χ4v) is 2.34. The number of nitrogens with one attached hydrogen (secondary N) is 1. The molecule has 0 heterocycles. The predicted molar refractivity (Wildman–Crippen MR) is 83.1 cm³/mol. The Morgan fingerprint density at radius 1 is 1.33 bits per heavy atom. The van der Waals surface area contributed by atoms with Crippen molar-refractivity contribution in [3.05, 3.63) is 29.8 Å². The van der Waals surface area contributed by atoms with Crippen LogP contribution in [0.1, 0.15) is 43.0 Å². The van der Waals surface area contributed by atoms with Crippen LogP contribution in [0.5, 0.6) is 5.75 Å². The van der Waals surface area contributed by atoms with Crippen LogP contribution in [-0.2, 0) is 0 Å². The molecular weight excluding hydrogens is 266 g/mol. The van der Waals surface area contributed by atoms with Crippen molar-refractivity contribution in [2.24, 2.45) is 5.84 Å². The molecule has 0 bridgehead atoms. The summed E-state index contributed by atoms with van der Waals surface area (Å²) in [6.45, 7) is 5.04. The van der Waals surface area contributed by atoms with Crippen LogP contribution in [0.3, 0.4) is 0 Å². The molecule has 21 heavy (non-hydrogen) atoms. The molecule has 1 saturated carbocycles. The lowest BCUT2D eigenvalue weighted by molar-refractivity contribution is 0.0953. The Labute approximate surface area is 126 Å². The van der Waals surface area contributed by atoms with Gasteiger partial charge in [0.25, 0.3) is 5.91 Å². The molecule has 0 spiro atoms. The molecule has 3 N–H and O–H groups in total. The molecule has 1 fully saturated rings. The Balaban J connectivity index is 1.75. The number of ether oxygens (including phenoxy) is 1. The first-order chi connectivity index (χ1) is 10.2. The van der Waals surface area contributed by atoms with Crippen molar-refractivity contribution in [3.63, 3.8) is 0 Å². The number of hydrazine groups is 1. The number of carbonyl (C=O) groups is 1. The van der Waals surface area contributed by atoms with Crippen LogP contribution in [0, 0.1) is 0 Å². The van der Waals surface area contributed by atoms with Crippen LogP contribution in [0.2, 0.25) is 0 Å². The third-order valence-corrected chi connectivity index (χ3v) is 3.76. The Kier molecular flexibility index (Phi) is 6.02. The minimum Gasteiger partial charge on any atom is -0.492 e. The van der Waals surface area contributed by atoms with Crippen molar-refractivity contribution < 1.29 is 9.53 Å². The lowest BCUT2D eigenvalue weighted by Crippen LogP contribution is -2.31. The first kappa shape index (κ1) is 15.8. The molecule has 2 rings (SSSR count). The molecule has 1 aliphatic carbocycles. The maximum atomic E-state index is 11.3. The Morgan fingerprint density at radius 2 is 2.05 bits per heavy atom. The number of benzene rings is 1. The number of unbranched alkanes of at least 4 members (excludes halogenated alkanes) is 1. The monoisotopic (exact) mass is 291 g/mol. The molecule has 1 aromatic carbocycles. The van der Waals surface area contributed by atoms with Gasteiger partial charge in [0.05, 0.1) is 0 Å². The van der Waals surface area contributed by atoms with E-state index in [0.29, 0.717) is 12.2 Å². The third kappa shape index (κ3) is 5.02. The lowest BCUT2D eigenvalue weighted by Gasteiger charge is -2.21. The van der Waals surface area contributed by atoms with Crippen molar-refractivity contribution in [2.45, 2.75) is 38.6 Å². The van der Waals surface area contributed by atoms with E-state index in [-0.39, 0.29) is 5.91 Å². The highest BCUT2D eigenvalue weighted by Gasteiger charge is 2.28. The number of hydrogen-bond donors (Lipinski definition) is 2. The number of carbonyl (C=O) groups excluding carboxylic acids is 1. The number of nitrogens with two attached hydrogens (primary N) is 1. The van der Waals surface area contributed by atoms with Crippen LogP contribution in [0.25, 0.3) is 0 Å². The second-order valence-corrected chi connectivity index (χ2v) is 5.47. The molecule has 0 unspecified atom stereocenters. The summed E-state index contributed by atoms with van der Waals surface area (Å²) in [5.41, 5.74) is 2.65. The van der Waals surface area contributed by atoms with Gasteiger partial charge in [-0.1, -0.05) is 13.3 Å². The van der Waals surface area contributed by atoms with Crippen molar-refractivity contribution in [1.82, 2.24) is 10.3 Å². The molecule has 1 amide bonds. The second kappa shape index (κ2) is 8.00. The van der Waals surface area contributed by atoms with Gasteiger partial charge >= 0.3 is 0 Å². The van der Waals surface area contributed by atoms with Crippen molar-refractivity contribution in [2.75, 3.05) is 19.7 Å². The summed E-state index contributed by atoms with van der Waals surface area (Å²) in [5.74, 6) is 5.59. The quantitative estimate of drug-likeness (QED) is 0.414. The van der Waals surface area contributed by atoms with Crippen LogP contribution in [-0.4, -0.2) is 36.5 Å². The predicted octanol–water partition coefficient (Wildman–Crippen LogP) is 1.93. The molecule has 0 aliphatic heterocycles. The molecule has 116 valence electrons. The number of nitrogens with zero attached hydrogens (tertiary/aromatic N) is 1. The Hall–Kier alpha value is -1.59. The highest BCUT2D eigenvalue weighted by Crippen LogP contribution is 2.26. The average Bonchev–Trinajstić information content (AvgIpc) is 3.35. The SMILES string of the molecule is CCCCN(CCOc1ccc(C(=O)NN)cc1)C1CC1. The van der Waals surface area contributed by atoms with Crippen molar-refractivity contribution >= 4 is 5.91 Å². The lowest BCUT2D eigenvalue weighted by atomic mass is 10.2. The van der Waals surface area contributed by atoms with Gasteiger partial charge in [0.1, 0.15) is 12.4 Å². The van der Waals surface area contributed by atoms with E-state index in [4.69, 9.17) is 10.6 Å². The van der Waals surface area contributed by atoms with Gasteiger partial charge in [-0.25, -0.2) is 5.84 Å². The van der Waals surface area contributed by atoms with E-state index in [1.54, 1.807) is 24.3 Å². The highest BCUT2D eigenvalue weighted by atomic mass is 16.5. The standard InChI is InChI=1S/C16H25N3O2/c1-2-3-10-19(14-6-7-14)11-12-21-15-8-4-13(5-9-15)16(20)18-17/h4-5,8-9,14H,2-3,6-7,10-12,17H2,1H3,(H,18,20). The number of hydrogen-bond acceptors (Lipinski definition) is 4. The molecule has 0 saturated heterocycles. The zero-order valence-electron chi connectivity index (χ0n) is 12.7. The summed E-state index contributed by atoms with van der Waals surface area (Å²) < 4.78 is 5.76. The van der Waals surface area contributed by atoms with Gasteiger partial charge in [-0.15, -0.1) is 0 Å². The van der Waals surface area contributed by atoms with E-state index >= 15 is 0 Å². The first-order valence-electron chi connectivity index (χ1n) is 7.72. The smallest absolute Gasteiger partial charge is 0.265 e. The molecule has 0 aromatic heterocycles. The minimum absolute atomic E-state index is 0.291. The normalized spacial score (nSPS) is 14.2. The van der Waals surface area contributed by atoms with E-state index in [9.17, 15) is 4.79 Å². The molecule has 5 nitrogen and oxygen atoms in total. The maximum absolute atomic E-state index is 11.3. The summed E-state index contributed by atoms with van der Waals surface area (Å²) in [6.07, 6.45) is 5.13. The minimum atomic E-state index is -0.291. The topological polar surface area (TPSA) is 67.6 Å². The molecular formula is C16H25N3O2. The summed E-state index contributed by atoms with van der Waals surface area (Å²) in [6, 6.07) is 7.81. The van der Waals surface area contributed by atoms with Gasteiger partial charge in [0, 0.05) is 18.2 Å². The van der Waals surface area contributed by atoms with E-state index in [1.807, 2.05) is 0 Å². The van der Waals surface area contributed by atoms with Crippen LogP contribution >= 0.6 is 0 Å². The highest BCUT2D eigenvalue weighted by molar-refractivity contribution is 5.93. The van der Waals surface area contributed by atoms with Gasteiger partial charge in [-0.05, 0) is 50.1 Å². The number of rotatable bonds is 9. The largest absolute Gasteiger partial charge is 0.492 e. The van der Waals surface area contributed by atoms with Gasteiger partial charge in [-0.2, -0.15) is 0 Å². The maximum Gasteiger partial charge on any atom is 0.265 e. The summed E-state index contributed by atoms with van der Waals surface area (Å²) in [5, 5.41) is 0. The van der Waals surface area contributed by atoms with Crippen LogP contribution in [0.4, 0.5) is 0 Å². The molecule has 5 heteroatoms. The summed E-state index contributed by atoms with van der Waals surface area (Å²) in [4.78, 5) is 13.9. The van der Waals surface area contributed by atoms with E-state index in [2.05, 4.69) is 17.2 Å². The summed E-state index contributed by atoms with van der Waals surface area (Å²) in [7, 11) is 0. The van der Waals surface area contributed by atoms with Gasteiger partial charge in [-0.3, -0.25) is 15.1 Å². The van der Waals surface area contributed by atoms with Crippen LogP contribution in [0.15, 0.2) is 24.3 Å². The second-order valence-electron chi connectivity index (χ2n) is 5.47. The average molecular weight is 291 g/mol. The zero-order chi connectivity index (χ0) is 15.1. The van der Waals surface area contributed by atoms with Crippen molar-refractivity contribution in [1.29, 1.82) is 0 Å². The Bertz CT molecular complexity index is 443. The van der Waals surface area contributed by atoms with Gasteiger partial charge < -0.3 is 4.74 Å².